The molecule has 3 heterocycles. The summed E-state index contributed by atoms with van der Waals surface area (Å²) in [6, 6.07) is 0. The van der Waals surface area contributed by atoms with Gasteiger partial charge in [0.05, 0.1) is 23.9 Å². The fourth-order valence-corrected chi connectivity index (χ4v) is 10.2. The summed E-state index contributed by atoms with van der Waals surface area (Å²) in [6.45, 7) is 4.31. The van der Waals surface area contributed by atoms with Crippen LogP contribution in [0.4, 0.5) is 0 Å². The standard InChI is InChI=1S/C29H40O9/c1-15-9-23(31)29(34)25(36-15)37-21-11-17-3-4-20-19(27(17,14-30)12-22(21)38-29)5-7-26(2)18(6-8-28(20,26)33)16-10-24(32)35-13-16/h10,14-15,17-23,25,31,33-34H,3-9,11-13H2,1-2H3/t15-,17+,18-,19?,20?,21-,22-,23-,25+,26-,27-,28+,29+/m1/s1. The Balaban J connectivity index is 1.18. The first-order valence-corrected chi connectivity index (χ1v) is 14.5. The molecule has 2 unspecified atom stereocenters. The van der Waals surface area contributed by atoms with Crippen molar-refractivity contribution in [1.82, 2.24) is 0 Å². The highest BCUT2D eigenvalue weighted by Gasteiger charge is 2.70. The average molecular weight is 533 g/mol. The molecule has 0 radical (unpaired) electrons. The third-order valence-corrected chi connectivity index (χ3v) is 12.1. The van der Waals surface area contributed by atoms with Crippen molar-refractivity contribution in [3.8, 4) is 0 Å². The zero-order valence-electron chi connectivity index (χ0n) is 22.2. The van der Waals surface area contributed by atoms with Gasteiger partial charge in [-0.05, 0) is 87.5 Å². The molecule has 4 aliphatic carbocycles. The van der Waals surface area contributed by atoms with Crippen LogP contribution in [0.5, 0.6) is 0 Å². The number of aliphatic hydroxyl groups is 3. The van der Waals surface area contributed by atoms with Crippen molar-refractivity contribution in [2.75, 3.05) is 6.61 Å². The maximum atomic E-state index is 13.1. The smallest absolute Gasteiger partial charge is 0.331 e. The van der Waals surface area contributed by atoms with Gasteiger partial charge < -0.3 is 39.1 Å². The van der Waals surface area contributed by atoms with Gasteiger partial charge in [-0.15, -0.1) is 0 Å². The van der Waals surface area contributed by atoms with Crippen molar-refractivity contribution in [2.24, 2.45) is 34.5 Å². The molecular formula is C29H40O9. The minimum atomic E-state index is -1.96. The van der Waals surface area contributed by atoms with Gasteiger partial charge >= 0.3 is 5.97 Å². The van der Waals surface area contributed by atoms with Crippen LogP contribution in [-0.4, -0.2) is 76.3 Å². The van der Waals surface area contributed by atoms with Crippen LogP contribution in [0.1, 0.15) is 71.6 Å². The minimum Gasteiger partial charge on any atom is -0.458 e. The van der Waals surface area contributed by atoms with Crippen LogP contribution in [0, 0.1) is 34.5 Å². The van der Waals surface area contributed by atoms with E-state index >= 15 is 0 Å². The lowest BCUT2D eigenvalue weighted by Crippen LogP contribution is -2.71. The number of ether oxygens (including phenoxy) is 4. The highest BCUT2D eigenvalue weighted by Crippen LogP contribution is 2.70. The predicted octanol–water partition coefficient (Wildman–Crippen LogP) is 2.00. The second kappa shape index (κ2) is 8.33. The lowest BCUT2D eigenvalue weighted by atomic mass is 9.42. The Morgan fingerprint density at radius 1 is 1.03 bits per heavy atom. The lowest BCUT2D eigenvalue weighted by molar-refractivity contribution is -0.457. The van der Waals surface area contributed by atoms with Crippen molar-refractivity contribution in [1.29, 1.82) is 0 Å². The van der Waals surface area contributed by atoms with E-state index in [4.69, 9.17) is 18.9 Å². The third-order valence-electron chi connectivity index (χ3n) is 12.1. The SMILES string of the molecule is C[C@@H]1C[C@@H](O)[C@]2(O)O[C@@H]3C[C@]4(C=O)C5CC[C@]6(C)[C@@H](C7=CC(=O)OC7)CC[C@]6(O)C5CC[C@H]4C[C@H]3O[C@@H]2O1. The average Bonchev–Trinajstić information content (AvgIpc) is 3.42. The molecule has 0 amide bonds. The van der Waals surface area contributed by atoms with E-state index in [2.05, 4.69) is 6.92 Å². The van der Waals surface area contributed by atoms with E-state index in [0.717, 1.165) is 44.0 Å². The maximum absolute atomic E-state index is 13.1. The molecule has 0 spiro atoms. The van der Waals surface area contributed by atoms with E-state index in [-0.39, 0.29) is 53.7 Å². The number of rotatable bonds is 2. The lowest BCUT2D eigenvalue weighted by Gasteiger charge is -2.64. The molecule has 0 aromatic carbocycles. The molecule has 7 aliphatic rings. The van der Waals surface area contributed by atoms with Crippen LogP contribution in [0.25, 0.3) is 0 Å². The Bertz CT molecular complexity index is 1060. The number of carbonyl (C=O) groups excluding carboxylic acids is 2. The normalized spacial score (nSPS) is 57.4. The molecule has 4 saturated carbocycles. The van der Waals surface area contributed by atoms with E-state index < -0.39 is 35.3 Å². The van der Waals surface area contributed by atoms with Gasteiger partial charge in [0.1, 0.15) is 19.0 Å². The van der Waals surface area contributed by atoms with Gasteiger partial charge in [0.15, 0.2) is 0 Å². The van der Waals surface area contributed by atoms with E-state index in [1.54, 1.807) is 6.08 Å². The quantitative estimate of drug-likeness (QED) is 0.278. The molecule has 7 rings (SSSR count). The molecule has 3 N–H and O–H groups in total. The Morgan fingerprint density at radius 2 is 1.84 bits per heavy atom. The molecule has 210 valence electrons. The summed E-state index contributed by atoms with van der Waals surface area (Å²) in [4.78, 5) is 24.9. The second-order valence-electron chi connectivity index (χ2n) is 13.6. The molecule has 38 heavy (non-hydrogen) atoms. The zero-order valence-corrected chi connectivity index (χ0v) is 22.2. The van der Waals surface area contributed by atoms with Crippen LogP contribution in [0.2, 0.25) is 0 Å². The maximum Gasteiger partial charge on any atom is 0.331 e. The Kier molecular flexibility index (Phi) is 5.61. The fourth-order valence-electron chi connectivity index (χ4n) is 10.2. The molecule has 0 aromatic heterocycles. The summed E-state index contributed by atoms with van der Waals surface area (Å²) in [5, 5.41) is 34.4. The van der Waals surface area contributed by atoms with Crippen LogP contribution in [0.15, 0.2) is 11.6 Å². The van der Waals surface area contributed by atoms with Crippen LogP contribution in [0.3, 0.4) is 0 Å². The Labute approximate surface area is 222 Å². The molecule has 6 fully saturated rings. The second-order valence-corrected chi connectivity index (χ2v) is 13.6. The van der Waals surface area contributed by atoms with Crippen molar-refractivity contribution >= 4 is 12.3 Å². The van der Waals surface area contributed by atoms with E-state index in [1.165, 1.54) is 0 Å². The summed E-state index contributed by atoms with van der Waals surface area (Å²) in [5.41, 5.74) is -1.01. The molecule has 9 heteroatoms. The predicted molar refractivity (Wildman–Crippen MR) is 131 cm³/mol. The van der Waals surface area contributed by atoms with Crippen LogP contribution < -0.4 is 0 Å². The molecule has 13 atom stereocenters. The fraction of sp³-hybridized carbons (Fsp3) is 0.862. The monoisotopic (exact) mass is 532 g/mol. The first kappa shape index (κ1) is 25.6. The number of hydrogen-bond acceptors (Lipinski definition) is 9. The first-order chi connectivity index (χ1) is 18.0. The summed E-state index contributed by atoms with van der Waals surface area (Å²) < 4.78 is 23.5. The molecule has 3 aliphatic heterocycles. The summed E-state index contributed by atoms with van der Waals surface area (Å²) in [7, 11) is 0. The van der Waals surface area contributed by atoms with Crippen molar-refractivity contribution in [3.63, 3.8) is 0 Å². The van der Waals surface area contributed by atoms with Crippen LogP contribution in [-0.2, 0) is 28.5 Å². The van der Waals surface area contributed by atoms with Gasteiger partial charge in [0.25, 0.3) is 0 Å². The highest BCUT2D eigenvalue weighted by atomic mass is 16.8. The van der Waals surface area contributed by atoms with Gasteiger partial charge in [0, 0.05) is 23.3 Å². The molecule has 0 bridgehead atoms. The van der Waals surface area contributed by atoms with Gasteiger partial charge in [-0.2, -0.15) is 0 Å². The molecular weight excluding hydrogens is 492 g/mol. The van der Waals surface area contributed by atoms with Crippen LogP contribution >= 0.6 is 0 Å². The summed E-state index contributed by atoms with van der Waals surface area (Å²) in [6.07, 6.45) is 5.34. The Morgan fingerprint density at radius 3 is 2.58 bits per heavy atom. The van der Waals surface area contributed by atoms with Crippen molar-refractivity contribution in [3.05, 3.63) is 11.6 Å². The van der Waals surface area contributed by atoms with Gasteiger partial charge in [-0.3, -0.25) is 0 Å². The highest BCUT2D eigenvalue weighted by molar-refractivity contribution is 5.85. The molecule has 2 saturated heterocycles. The van der Waals surface area contributed by atoms with Crippen molar-refractivity contribution in [2.45, 2.75) is 114 Å². The number of carbonyl (C=O) groups is 2. The Hall–Kier alpha value is -1.36. The largest absolute Gasteiger partial charge is 0.458 e. The summed E-state index contributed by atoms with van der Waals surface area (Å²) in [5.74, 6) is -2.11. The number of fused-ring (bicyclic) bond motifs is 7. The van der Waals surface area contributed by atoms with E-state index in [1.807, 2.05) is 6.92 Å². The van der Waals surface area contributed by atoms with Gasteiger partial charge in [-0.1, -0.05) is 6.92 Å². The number of hydrogen-bond donors (Lipinski definition) is 3. The number of aldehydes is 1. The van der Waals surface area contributed by atoms with Gasteiger partial charge in [-0.25, -0.2) is 4.79 Å². The summed E-state index contributed by atoms with van der Waals surface area (Å²) >= 11 is 0. The molecule has 9 nitrogen and oxygen atoms in total. The third kappa shape index (κ3) is 3.20. The zero-order chi connectivity index (χ0) is 26.7. The molecule has 0 aromatic rings. The minimum absolute atomic E-state index is 0.00418. The van der Waals surface area contributed by atoms with E-state index in [9.17, 15) is 24.9 Å². The number of esters is 1. The number of cyclic esters (lactones) is 1. The van der Waals surface area contributed by atoms with E-state index in [0.29, 0.717) is 25.9 Å². The van der Waals surface area contributed by atoms with Crippen molar-refractivity contribution < 1.29 is 43.9 Å². The first-order valence-electron chi connectivity index (χ1n) is 14.5. The van der Waals surface area contributed by atoms with Gasteiger partial charge in [0.2, 0.25) is 12.1 Å². The number of aliphatic hydroxyl groups excluding tert-OH is 1. The topological polar surface area (TPSA) is 132 Å².